The molecule has 1 saturated heterocycles. The third kappa shape index (κ3) is 5.23. The zero-order valence-corrected chi connectivity index (χ0v) is 18.5. The number of nitrogens with zero attached hydrogens (tertiary/aromatic N) is 2. The molecule has 1 amide bonds. The molecule has 2 atom stereocenters. The molecule has 1 heterocycles. The first kappa shape index (κ1) is 23.6. The van der Waals surface area contributed by atoms with Crippen molar-refractivity contribution < 1.29 is 27.7 Å². The molecule has 10 nitrogen and oxygen atoms in total. The van der Waals surface area contributed by atoms with Crippen molar-refractivity contribution in [3.8, 4) is 0 Å². The third-order valence-electron chi connectivity index (χ3n) is 4.88. The first-order valence-corrected chi connectivity index (χ1v) is 11.4. The van der Waals surface area contributed by atoms with E-state index in [1.807, 2.05) is 0 Å². The van der Waals surface area contributed by atoms with Crippen LogP contribution < -0.4 is 5.32 Å². The van der Waals surface area contributed by atoms with Gasteiger partial charge >= 0.3 is 5.97 Å². The molecule has 0 aromatic heterocycles. The fourth-order valence-electron chi connectivity index (χ4n) is 3.25. The number of anilines is 1. The molecule has 1 N–H and O–H groups in total. The van der Waals surface area contributed by atoms with Crippen LogP contribution in [-0.2, 0) is 24.3 Å². The highest BCUT2D eigenvalue weighted by Crippen LogP contribution is 2.28. The summed E-state index contributed by atoms with van der Waals surface area (Å²) < 4.78 is 32.2. The second-order valence-electron chi connectivity index (χ2n) is 7.10. The van der Waals surface area contributed by atoms with Gasteiger partial charge in [0.25, 0.3) is 11.6 Å². The van der Waals surface area contributed by atoms with E-state index in [2.05, 4.69) is 5.32 Å². The van der Waals surface area contributed by atoms with Gasteiger partial charge in [0, 0.05) is 29.4 Å². The quantitative estimate of drug-likeness (QED) is 0.364. The molecule has 0 saturated carbocycles. The van der Waals surface area contributed by atoms with Crippen LogP contribution in [0.25, 0.3) is 0 Å². The van der Waals surface area contributed by atoms with E-state index in [1.54, 1.807) is 0 Å². The first-order valence-electron chi connectivity index (χ1n) is 9.63. The molecule has 1 aliphatic rings. The molecule has 2 aromatic carbocycles. The monoisotopic (exact) mass is 481 g/mol. The molecule has 32 heavy (non-hydrogen) atoms. The Bertz CT molecular complexity index is 1140. The number of carbonyl (C=O) groups excluding carboxylic acids is 2. The number of carbonyl (C=O) groups is 2. The lowest BCUT2D eigenvalue weighted by atomic mass is 10.2. The lowest BCUT2D eigenvalue weighted by molar-refractivity contribution is -0.384. The maximum Gasteiger partial charge on any atom is 0.325 e. The summed E-state index contributed by atoms with van der Waals surface area (Å²) in [5, 5.41) is 13.7. The Morgan fingerprint density at radius 3 is 2.59 bits per heavy atom. The van der Waals surface area contributed by atoms with Gasteiger partial charge in [-0.3, -0.25) is 19.7 Å². The summed E-state index contributed by atoms with van der Waals surface area (Å²) >= 11 is 5.82. The molecule has 170 valence electrons. The summed E-state index contributed by atoms with van der Waals surface area (Å²) in [5.74, 6) is -1.55. The van der Waals surface area contributed by atoms with Crippen LogP contribution in [0.2, 0.25) is 5.02 Å². The largest absolute Gasteiger partial charge is 0.451 e. The average Bonchev–Trinajstić information content (AvgIpc) is 3.25. The van der Waals surface area contributed by atoms with E-state index >= 15 is 0 Å². The minimum Gasteiger partial charge on any atom is -0.451 e. The van der Waals surface area contributed by atoms with E-state index < -0.39 is 39.0 Å². The van der Waals surface area contributed by atoms with Crippen LogP contribution >= 0.6 is 11.6 Å². The van der Waals surface area contributed by atoms with Crippen LogP contribution in [0.15, 0.2) is 53.4 Å². The van der Waals surface area contributed by atoms with E-state index in [1.165, 1.54) is 55.5 Å². The summed E-state index contributed by atoms with van der Waals surface area (Å²) in [7, 11) is -3.96. The summed E-state index contributed by atoms with van der Waals surface area (Å²) in [4.78, 5) is 35.3. The van der Waals surface area contributed by atoms with E-state index in [-0.39, 0.29) is 29.2 Å². The molecule has 3 rings (SSSR count). The molecule has 0 bridgehead atoms. The fraction of sp³-hybridized carbons (Fsp3) is 0.300. The van der Waals surface area contributed by atoms with Crippen LogP contribution in [0.4, 0.5) is 11.4 Å². The van der Waals surface area contributed by atoms with Gasteiger partial charge in [-0.05, 0) is 50.1 Å². The van der Waals surface area contributed by atoms with Crippen molar-refractivity contribution in [3.05, 3.63) is 63.7 Å². The lowest BCUT2D eigenvalue weighted by Gasteiger charge is -2.24. The number of nitro benzene ring substituents is 1. The topological polar surface area (TPSA) is 136 Å². The van der Waals surface area contributed by atoms with Crippen LogP contribution in [0.1, 0.15) is 19.8 Å². The standard InChI is InChI=1S/C20H20ClN3O7S/c1-13(19(25)22-15-4-2-5-16(12-15)24(27)28)31-20(26)18-6-3-11-23(18)32(29,30)17-9-7-14(21)8-10-17/h2,4-5,7-10,12-13,18H,3,6,11H2,1H3,(H,22,25). The van der Waals surface area contributed by atoms with Crippen molar-refractivity contribution in [2.75, 3.05) is 11.9 Å². The number of sulfonamides is 1. The van der Waals surface area contributed by atoms with Gasteiger partial charge < -0.3 is 10.1 Å². The number of nitrogens with one attached hydrogen (secondary N) is 1. The Morgan fingerprint density at radius 1 is 1.25 bits per heavy atom. The molecule has 0 aliphatic carbocycles. The first-order chi connectivity index (χ1) is 15.1. The zero-order valence-electron chi connectivity index (χ0n) is 16.9. The molecular formula is C20H20ClN3O7S. The molecule has 12 heteroatoms. The highest BCUT2D eigenvalue weighted by molar-refractivity contribution is 7.89. The summed E-state index contributed by atoms with van der Waals surface area (Å²) in [5.41, 5.74) is -0.0404. The van der Waals surface area contributed by atoms with Crippen LogP contribution in [0.5, 0.6) is 0 Å². The van der Waals surface area contributed by atoms with Crippen LogP contribution in [0, 0.1) is 10.1 Å². The maximum atomic E-state index is 12.9. The molecular weight excluding hydrogens is 462 g/mol. The Morgan fingerprint density at radius 2 is 1.94 bits per heavy atom. The summed E-state index contributed by atoms with van der Waals surface area (Å²) in [6.45, 7) is 1.47. The second kappa shape index (κ2) is 9.63. The Hall–Kier alpha value is -3.02. The number of rotatable bonds is 7. The minimum absolute atomic E-state index is 0.00179. The van der Waals surface area contributed by atoms with Gasteiger partial charge in [0.15, 0.2) is 6.10 Å². The summed E-state index contributed by atoms with van der Waals surface area (Å²) in [6.07, 6.45) is -0.534. The minimum atomic E-state index is -3.96. The molecule has 1 aliphatic heterocycles. The smallest absolute Gasteiger partial charge is 0.325 e. The number of halogens is 1. The number of hydrogen-bond acceptors (Lipinski definition) is 7. The molecule has 0 spiro atoms. The predicted molar refractivity (Wildman–Crippen MR) is 116 cm³/mol. The number of esters is 1. The number of amides is 1. The van der Waals surface area contributed by atoms with Crippen molar-refractivity contribution in [1.82, 2.24) is 4.31 Å². The van der Waals surface area contributed by atoms with Crippen molar-refractivity contribution in [2.45, 2.75) is 36.8 Å². The Labute approximate surface area is 189 Å². The average molecular weight is 482 g/mol. The van der Waals surface area contributed by atoms with Gasteiger partial charge in [-0.2, -0.15) is 4.31 Å². The van der Waals surface area contributed by atoms with Gasteiger partial charge in [-0.25, -0.2) is 8.42 Å². The van der Waals surface area contributed by atoms with Gasteiger partial charge in [-0.15, -0.1) is 0 Å². The zero-order chi connectivity index (χ0) is 23.5. The molecule has 0 radical (unpaired) electrons. The van der Waals surface area contributed by atoms with E-state index in [9.17, 15) is 28.1 Å². The third-order valence-corrected chi connectivity index (χ3v) is 7.06. The number of benzene rings is 2. The summed E-state index contributed by atoms with van der Waals surface area (Å²) in [6, 6.07) is 9.83. The van der Waals surface area contributed by atoms with E-state index in [0.29, 0.717) is 11.4 Å². The lowest BCUT2D eigenvalue weighted by Crippen LogP contribution is -2.43. The van der Waals surface area contributed by atoms with Gasteiger partial charge in [0.05, 0.1) is 9.82 Å². The highest BCUT2D eigenvalue weighted by atomic mass is 35.5. The number of hydrogen-bond donors (Lipinski definition) is 1. The fourth-order valence-corrected chi connectivity index (χ4v) is 5.03. The van der Waals surface area contributed by atoms with E-state index in [4.69, 9.17) is 16.3 Å². The SMILES string of the molecule is CC(OC(=O)C1CCCN1S(=O)(=O)c1ccc(Cl)cc1)C(=O)Nc1cccc([N+](=O)[O-])c1. The van der Waals surface area contributed by atoms with Gasteiger partial charge in [0.1, 0.15) is 6.04 Å². The molecule has 1 fully saturated rings. The van der Waals surface area contributed by atoms with Crippen molar-refractivity contribution in [2.24, 2.45) is 0 Å². The van der Waals surface area contributed by atoms with Crippen molar-refractivity contribution >= 4 is 44.9 Å². The van der Waals surface area contributed by atoms with Gasteiger partial charge in [0.2, 0.25) is 10.0 Å². The van der Waals surface area contributed by atoms with Gasteiger partial charge in [-0.1, -0.05) is 17.7 Å². The molecule has 2 aromatic rings. The number of ether oxygens (including phenoxy) is 1. The maximum absolute atomic E-state index is 12.9. The second-order valence-corrected chi connectivity index (χ2v) is 9.43. The van der Waals surface area contributed by atoms with E-state index in [0.717, 1.165) is 4.31 Å². The van der Waals surface area contributed by atoms with Crippen molar-refractivity contribution in [3.63, 3.8) is 0 Å². The van der Waals surface area contributed by atoms with Crippen LogP contribution in [-0.4, -0.2) is 48.2 Å². The highest BCUT2D eigenvalue weighted by Gasteiger charge is 2.41. The Kier molecular flexibility index (Phi) is 7.12. The van der Waals surface area contributed by atoms with Crippen LogP contribution in [0.3, 0.4) is 0 Å². The Balaban J connectivity index is 1.67. The molecule has 2 unspecified atom stereocenters. The predicted octanol–water partition coefficient (Wildman–Crippen LogP) is 2.97. The normalized spacial score (nSPS) is 17.5. The number of nitro groups is 1. The number of non-ortho nitro benzene ring substituents is 1. The van der Waals surface area contributed by atoms with Crippen molar-refractivity contribution in [1.29, 1.82) is 0 Å².